The third-order valence-electron chi connectivity index (χ3n) is 2.85. The smallest absolute Gasteiger partial charge is 0.311 e. The lowest BCUT2D eigenvalue weighted by molar-refractivity contribution is -0.152. The molecule has 0 bridgehead atoms. The van der Waals surface area contributed by atoms with Crippen molar-refractivity contribution >= 4 is 5.97 Å². The average Bonchev–Trinajstić information content (AvgIpc) is 2.38. The Hall–Kier alpha value is -1.49. The number of carbonyl (C=O) groups excluding carboxylic acids is 1. The molecule has 0 radical (unpaired) electrons. The highest BCUT2D eigenvalue weighted by Gasteiger charge is 2.30. The van der Waals surface area contributed by atoms with Crippen LogP contribution >= 0.6 is 0 Å². The molecule has 0 aliphatic heterocycles. The van der Waals surface area contributed by atoms with Crippen molar-refractivity contribution in [1.29, 1.82) is 0 Å². The monoisotopic (exact) mass is 272 g/mol. The summed E-state index contributed by atoms with van der Waals surface area (Å²) in [6.45, 7) is 3.66. The maximum atomic E-state index is 13.6. The van der Waals surface area contributed by atoms with Crippen molar-refractivity contribution in [3.63, 3.8) is 0 Å². The molecule has 1 N–H and O–H groups in total. The Morgan fingerprint density at radius 1 is 1.37 bits per heavy atom. The molecule has 1 rings (SSSR count). The SMILES string of the molecule is CCCC(C(=O)OCC)C(O)c1cc(F)ccc1F. The minimum atomic E-state index is -1.41. The predicted molar refractivity (Wildman–Crippen MR) is 66.3 cm³/mol. The van der Waals surface area contributed by atoms with E-state index in [-0.39, 0.29) is 12.2 Å². The summed E-state index contributed by atoms with van der Waals surface area (Å²) < 4.78 is 31.6. The van der Waals surface area contributed by atoms with Crippen molar-refractivity contribution in [2.24, 2.45) is 5.92 Å². The lowest BCUT2D eigenvalue weighted by Crippen LogP contribution is -2.25. The summed E-state index contributed by atoms with van der Waals surface area (Å²) in [5.74, 6) is -2.88. The topological polar surface area (TPSA) is 46.5 Å². The molecule has 0 aliphatic rings. The lowest BCUT2D eigenvalue weighted by Gasteiger charge is -2.21. The van der Waals surface area contributed by atoms with Crippen LogP contribution in [0.25, 0.3) is 0 Å². The van der Waals surface area contributed by atoms with Crippen LogP contribution < -0.4 is 0 Å². The maximum Gasteiger partial charge on any atom is 0.311 e. The fourth-order valence-corrected chi connectivity index (χ4v) is 1.92. The van der Waals surface area contributed by atoms with E-state index in [9.17, 15) is 18.7 Å². The number of hydrogen-bond donors (Lipinski definition) is 1. The first-order chi connectivity index (χ1) is 9.01. The summed E-state index contributed by atoms with van der Waals surface area (Å²) in [6, 6.07) is 2.80. The first-order valence-electron chi connectivity index (χ1n) is 6.30. The van der Waals surface area contributed by atoms with E-state index < -0.39 is 29.6 Å². The molecular formula is C14H18F2O3. The van der Waals surface area contributed by atoms with Gasteiger partial charge in [-0.05, 0) is 31.5 Å². The van der Waals surface area contributed by atoms with Gasteiger partial charge in [0.25, 0.3) is 0 Å². The normalized spacial score (nSPS) is 13.9. The van der Waals surface area contributed by atoms with Gasteiger partial charge in [0.2, 0.25) is 0 Å². The van der Waals surface area contributed by atoms with Gasteiger partial charge in [-0.15, -0.1) is 0 Å². The summed E-state index contributed by atoms with van der Waals surface area (Å²) in [6.07, 6.45) is -0.442. The molecule has 0 saturated carbocycles. The van der Waals surface area contributed by atoms with E-state index in [4.69, 9.17) is 4.74 Å². The highest BCUT2D eigenvalue weighted by atomic mass is 19.1. The van der Waals surface area contributed by atoms with Crippen molar-refractivity contribution in [3.05, 3.63) is 35.4 Å². The van der Waals surface area contributed by atoms with E-state index in [2.05, 4.69) is 0 Å². The van der Waals surface area contributed by atoms with Crippen LogP contribution in [0.2, 0.25) is 0 Å². The van der Waals surface area contributed by atoms with Crippen molar-refractivity contribution in [1.82, 2.24) is 0 Å². The number of rotatable bonds is 6. The molecule has 19 heavy (non-hydrogen) atoms. The van der Waals surface area contributed by atoms with E-state index in [1.807, 2.05) is 6.92 Å². The fourth-order valence-electron chi connectivity index (χ4n) is 1.92. The zero-order chi connectivity index (χ0) is 14.4. The highest BCUT2D eigenvalue weighted by molar-refractivity contribution is 5.73. The van der Waals surface area contributed by atoms with Crippen molar-refractivity contribution < 1.29 is 23.4 Å². The Balaban J connectivity index is 3.01. The molecule has 0 heterocycles. The molecule has 0 fully saturated rings. The van der Waals surface area contributed by atoms with Gasteiger partial charge in [0.15, 0.2) is 0 Å². The molecule has 0 spiro atoms. The van der Waals surface area contributed by atoms with Gasteiger partial charge < -0.3 is 9.84 Å². The van der Waals surface area contributed by atoms with Gasteiger partial charge in [-0.1, -0.05) is 13.3 Å². The zero-order valence-corrected chi connectivity index (χ0v) is 11.0. The Bertz CT molecular complexity index is 435. The van der Waals surface area contributed by atoms with E-state index in [0.717, 1.165) is 18.2 Å². The quantitative estimate of drug-likeness (QED) is 0.810. The predicted octanol–water partition coefficient (Wildman–Crippen LogP) is 2.98. The van der Waals surface area contributed by atoms with Gasteiger partial charge in [-0.25, -0.2) is 8.78 Å². The molecule has 0 saturated heterocycles. The Kier molecular flexibility index (Phi) is 5.89. The van der Waals surface area contributed by atoms with Gasteiger partial charge >= 0.3 is 5.97 Å². The average molecular weight is 272 g/mol. The fraction of sp³-hybridized carbons (Fsp3) is 0.500. The molecule has 0 aromatic heterocycles. The first kappa shape index (κ1) is 15.6. The van der Waals surface area contributed by atoms with Crippen LogP contribution in [0.3, 0.4) is 0 Å². The summed E-state index contributed by atoms with van der Waals surface area (Å²) in [4.78, 5) is 11.7. The number of ether oxygens (including phenoxy) is 1. The number of benzene rings is 1. The molecule has 2 unspecified atom stereocenters. The van der Waals surface area contributed by atoms with E-state index in [1.54, 1.807) is 6.92 Å². The minimum Gasteiger partial charge on any atom is -0.466 e. The second-order valence-corrected chi connectivity index (χ2v) is 4.26. The van der Waals surface area contributed by atoms with Crippen LogP contribution in [0, 0.1) is 17.6 Å². The number of hydrogen-bond acceptors (Lipinski definition) is 3. The molecule has 106 valence electrons. The Labute approximate surface area is 111 Å². The van der Waals surface area contributed by atoms with E-state index in [0.29, 0.717) is 12.8 Å². The van der Waals surface area contributed by atoms with Crippen molar-refractivity contribution in [2.45, 2.75) is 32.8 Å². The van der Waals surface area contributed by atoms with Gasteiger partial charge in [0.1, 0.15) is 11.6 Å². The standard InChI is InChI=1S/C14H18F2O3/c1-3-5-10(14(18)19-4-2)13(17)11-8-9(15)6-7-12(11)16/h6-8,10,13,17H,3-5H2,1-2H3. The van der Waals surface area contributed by atoms with Gasteiger partial charge in [0.05, 0.1) is 18.6 Å². The molecule has 0 aliphatic carbocycles. The van der Waals surface area contributed by atoms with E-state index in [1.165, 1.54) is 0 Å². The summed E-state index contributed by atoms with van der Waals surface area (Å²) in [7, 11) is 0. The molecular weight excluding hydrogens is 254 g/mol. The highest BCUT2D eigenvalue weighted by Crippen LogP contribution is 2.29. The van der Waals surface area contributed by atoms with Gasteiger partial charge in [0, 0.05) is 5.56 Å². The molecule has 5 heteroatoms. The Morgan fingerprint density at radius 2 is 2.05 bits per heavy atom. The van der Waals surface area contributed by atoms with Gasteiger partial charge in [-0.3, -0.25) is 4.79 Å². The molecule has 1 aromatic rings. The molecule has 0 amide bonds. The number of aliphatic hydroxyl groups is 1. The largest absolute Gasteiger partial charge is 0.466 e. The van der Waals surface area contributed by atoms with Crippen LogP contribution in [0.15, 0.2) is 18.2 Å². The number of carbonyl (C=O) groups is 1. The van der Waals surface area contributed by atoms with Gasteiger partial charge in [-0.2, -0.15) is 0 Å². The number of aliphatic hydroxyl groups excluding tert-OH is 1. The summed E-state index contributed by atoms with van der Waals surface area (Å²) in [5.41, 5.74) is -0.216. The lowest BCUT2D eigenvalue weighted by atomic mass is 9.91. The van der Waals surface area contributed by atoms with Crippen LogP contribution in [0.5, 0.6) is 0 Å². The van der Waals surface area contributed by atoms with Crippen LogP contribution in [-0.2, 0) is 9.53 Å². The number of esters is 1. The molecule has 1 aromatic carbocycles. The van der Waals surface area contributed by atoms with Crippen LogP contribution in [0.4, 0.5) is 8.78 Å². The zero-order valence-electron chi connectivity index (χ0n) is 11.0. The maximum absolute atomic E-state index is 13.6. The summed E-state index contributed by atoms with van der Waals surface area (Å²) in [5, 5.41) is 10.1. The second kappa shape index (κ2) is 7.19. The third-order valence-corrected chi connectivity index (χ3v) is 2.85. The van der Waals surface area contributed by atoms with Crippen LogP contribution in [0.1, 0.15) is 38.4 Å². The second-order valence-electron chi connectivity index (χ2n) is 4.26. The number of halogens is 2. The third kappa shape index (κ3) is 3.99. The van der Waals surface area contributed by atoms with Crippen molar-refractivity contribution in [3.8, 4) is 0 Å². The van der Waals surface area contributed by atoms with E-state index >= 15 is 0 Å². The minimum absolute atomic E-state index is 0.178. The Morgan fingerprint density at radius 3 is 2.63 bits per heavy atom. The summed E-state index contributed by atoms with van der Waals surface area (Å²) >= 11 is 0. The first-order valence-corrected chi connectivity index (χ1v) is 6.30. The van der Waals surface area contributed by atoms with Crippen molar-refractivity contribution in [2.75, 3.05) is 6.61 Å². The van der Waals surface area contributed by atoms with Crippen LogP contribution in [-0.4, -0.2) is 17.7 Å². The molecule has 3 nitrogen and oxygen atoms in total. The molecule has 2 atom stereocenters.